The molecule has 8 nitrogen and oxygen atoms in total. The Morgan fingerprint density at radius 3 is 2.50 bits per heavy atom. The molecular weight excluding hydrogens is 491 g/mol. The summed E-state index contributed by atoms with van der Waals surface area (Å²) in [6.45, 7) is 3.71. The zero-order valence-corrected chi connectivity index (χ0v) is 19.8. The highest BCUT2D eigenvalue weighted by atomic mass is 32.2. The molecule has 0 unspecified atom stereocenters. The number of anilines is 1. The van der Waals surface area contributed by atoms with E-state index in [4.69, 9.17) is 5.14 Å². The number of nitrogens with zero attached hydrogens (tertiary/aromatic N) is 4. The largest absolute Gasteiger partial charge is 0.573 e. The maximum atomic E-state index is 12.8. The molecule has 0 saturated carbocycles. The van der Waals surface area contributed by atoms with Crippen molar-refractivity contribution in [2.75, 3.05) is 38.1 Å². The van der Waals surface area contributed by atoms with E-state index in [1.165, 1.54) is 11.3 Å². The molecular formula is C21H22F3N5O3S2. The predicted octanol–water partition coefficient (Wildman–Crippen LogP) is 3.09. The van der Waals surface area contributed by atoms with Crippen LogP contribution in [0.1, 0.15) is 10.6 Å². The lowest BCUT2D eigenvalue weighted by Gasteiger charge is -2.33. The molecule has 0 amide bonds. The van der Waals surface area contributed by atoms with Crippen molar-refractivity contribution in [3.05, 3.63) is 52.5 Å². The Labute approximate surface area is 198 Å². The van der Waals surface area contributed by atoms with E-state index in [1.807, 2.05) is 12.1 Å². The number of aromatic nitrogens is 2. The standard InChI is InChI=1S/C21H22F3N5O3S2/c1-28-6-8-29(9-7-28)19-5-2-14(12-26-19)17-13-33-20(27-17)11-15-10-16(34(25,30)31)3-4-18(15)32-21(22,23)24/h2-5,10,12-13H,6-9,11H2,1H3,(H2,25,30,31). The number of ether oxygens (including phenoxy) is 1. The van der Waals surface area contributed by atoms with Gasteiger partial charge < -0.3 is 14.5 Å². The number of piperazine rings is 1. The lowest BCUT2D eigenvalue weighted by molar-refractivity contribution is -0.274. The smallest absolute Gasteiger partial charge is 0.405 e. The number of benzene rings is 1. The van der Waals surface area contributed by atoms with Crippen molar-refractivity contribution in [1.82, 2.24) is 14.9 Å². The van der Waals surface area contributed by atoms with Crippen molar-refractivity contribution < 1.29 is 26.3 Å². The van der Waals surface area contributed by atoms with E-state index in [-0.39, 0.29) is 16.9 Å². The molecule has 3 aromatic rings. The first-order valence-corrected chi connectivity index (χ1v) is 12.7. The first-order valence-electron chi connectivity index (χ1n) is 10.2. The third kappa shape index (κ3) is 6.03. The molecule has 34 heavy (non-hydrogen) atoms. The van der Waals surface area contributed by atoms with Gasteiger partial charge in [-0.25, -0.2) is 23.5 Å². The molecule has 0 aliphatic carbocycles. The Kier molecular flexibility index (Phi) is 6.80. The summed E-state index contributed by atoms with van der Waals surface area (Å²) in [6.07, 6.45) is -3.28. The number of alkyl halides is 3. The number of nitrogens with two attached hydrogens (primary N) is 1. The molecule has 1 saturated heterocycles. The lowest BCUT2D eigenvalue weighted by atomic mass is 10.1. The van der Waals surface area contributed by atoms with Gasteiger partial charge in [-0.15, -0.1) is 24.5 Å². The van der Waals surface area contributed by atoms with Crippen molar-refractivity contribution >= 4 is 27.2 Å². The molecule has 2 N–H and O–H groups in total. The summed E-state index contributed by atoms with van der Waals surface area (Å²) < 4.78 is 65.9. The molecule has 2 aromatic heterocycles. The maximum Gasteiger partial charge on any atom is 0.573 e. The van der Waals surface area contributed by atoms with Crippen LogP contribution in [0.4, 0.5) is 19.0 Å². The molecule has 0 atom stereocenters. The monoisotopic (exact) mass is 513 g/mol. The highest BCUT2D eigenvalue weighted by Crippen LogP contribution is 2.32. The minimum absolute atomic E-state index is 0.00768. The van der Waals surface area contributed by atoms with Gasteiger partial charge in [-0.2, -0.15) is 0 Å². The van der Waals surface area contributed by atoms with Crippen LogP contribution in [0, 0.1) is 0 Å². The number of sulfonamides is 1. The van der Waals surface area contributed by atoms with Gasteiger partial charge in [-0.1, -0.05) is 0 Å². The molecule has 0 bridgehead atoms. The lowest BCUT2D eigenvalue weighted by Crippen LogP contribution is -2.44. The van der Waals surface area contributed by atoms with Gasteiger partial charge in [0, 0.05) is 55.3 Å². The molecule has 3 heterocycles. The van der Waals surface area contributed by atoms with Crippen LogP contribution in [-0.2, 0) is 16.4 Å². The van der Waals surface area contributed by atoms with Crippen LogP contribution in [0.15, 0.2) is 46.8 Å². The van der Waals surface area contributed by atoms with E-state index >= 15 is 0 Å². The Balaban J connectivity index is 1.54. The number of rotatable bonds is 6. The van der Waals surface area contributed by atoms with Crippen LogP contribution in [-0.4, -0.2) is 62.9 Å². The van der Waals surface area contributed by atoms with Crippen molar-refractivity contribution in [1.29, 1.82) is 0 Å². The average molecular weight is 514 g/mol. The normalized spacial score (nSPS) is 15.5. The van der Waals surface area contributed by atoms with Gasteiger partial charge in [0.15, 0.2) is 0 Å². The highest BCUT2D eigenvalue weighted by molar-refractivity contribution is 7.89. The summed E-state index contributed by atoms with van der Waals surface area (Å²) in [7, 11) is -2.02. The second-order valence-electron chi connectivity index (χ2n) is 7.86. The van der Waals surface area contributed by atoms with E-state index < -0.39 is 22.1 Å². The van der Waals surface area contributed by atoms with E-state index in [2.05, 4.69) is 31.6 Å². The summed E-state index contributed by atoms with van der Waals surface area (Å²) in [5, 5.41) is 7.39. The van der Waals surface area contributed by atoms with Gasteiger partial charge in [0.2, 0.25) is 10.0 Å². The van der Waals surface area contributed by atoms with E-state index in [1.54, 1.807) is 11.6 Å². The fourth-order valence-electron chi connectivity index (χ4n) is 3.54. The highest BCUT2D eigenvalue weighted by Gasteiger charge is 2.32. The number of primary sulfonamides is 1. The fraction of sp³-hybridized carbons (Fsp3) is 0.333. The minimum Gasteiger partial charge on any atom is -0.405 e. The number of thiazole rings is 1. The van der Waals surface area contributed by atoms with Gasteiger partial charge in [0.05, 0.1) is 15.6 Å². The molecule has 1 aliphatic rings. The van der Waals surface area contributed by atoms with E-state index in [9.17, 15) is 21.6 Å². The van der Waals surface area contributed by atoms with E-state index in [0.717, 1.165) is 55.8 Å². The van der Waals surface area contributed by atoms with Crippen LogP contribution < -0.4 is 14.8 Å². The second kappa shape index (κ2) is 9.49. The predicted molar refractivity (Wildman–Crippen MR) is 122 cm³/mol. The molecule has 0 radical (unpaired) electrons. The number of halogens is 3. The third-order valence-electron chi connectivity index (χ3n) is 5.35. The first kappa shape index (κ1) is 24.4. The molecule has 1 aliphatic heterocycles. The van der Waals surface area contributed by atoms with Crippen LogP contribution in [0.3, 0.4) is 0 Å². The topological polar surface area (TPSA) is 102 Å². The summed E-state index contributed by atoms with van der Waals surface area (Å²) in [5.74, 6) is 0.371. The number of hydrogen-bond donors (Lipinski definition) is 1. The van der Waals surface area contributed by atoms with Crippen LogP contribution in [0.25, 0.3) is 11.3 Å². The molecule has 182 valence electrons. The van der Waals surface area contributed by atoms with E-state index in [0.29, 0.717) is 10.7 Å². The molecule has 1 fully saturated rings. The Morgan fingerprint density at radius 1 is 1.15 bits per heavy atom. The first-order chi connectivity index (χ1) is 16.0. The third-order valence-corrected chi connectivity index (χ3v) is 7.11. The number of likely N-dealkylation sites (N-methyl/N-ethyl adjacent to an activating group) is 1. The molecule has 13 heteroatoms. The Hall–Kier alpha value is -2.74. The SMILES string of the molecule is CN1CCN(c2ccc(-c3csc(Cc4cc(S(N)(=O)=O)ccc4OC(F)(F)F)n3)cn2)CC1. The van der Waals surface area contributed by atoms with Crippen LogP contribution >= 0.6 is 11.3 Å². The van der Waals surface area contributed by atoms with Crippen molar-refractivity contribution in [2.45, 2.75) is 17.7 Å². The summed E-state index contributed by atoms with van der Waals surface area (Å²) in [5.41, 5.74) is 1.40. The van der Waals surface area contributed by atoms with Crippen LogP contribution in [0.2, 0.25) is 0 Å². The quantitative estimate of drug-likeness (QED) is 0.541. The zero-order valence-electron chi connectivity index (χ0n) is 18.1. The zero-order chi connectivity index (χ0) is 24.5. The molecule has 0 spiro atoms. The van der Waals surface area contributed by atoms with Crippen molar-refractivity contribution in [3.63, 3.8) is 0 Å². The van der Waals surface area contributed by atoms with Gasteiger partial charge in [-0.05, 0) is 37.4 Å². The van der Waals surface area contributed by atoms with Crippen molar-refractivity contribution in [3.8, 4) is 17.0 Å². The average Bonchev–Trinajstić information content (AvgIpc) is 3.22. The minimum atomic E-state index is -4.93. The Bertz CT molecular complexity index is 1260. The maximum absolute atomic E-state index is 12.8. The summed E-state index contributed by atoms with van der Waals surface area (Å²) in [6, 6.07) is 6.81. The van der Waals surface area contributed by atoms with Gasteiger partial charge in [-0.3, -0.25) is 0 Å². The summed E-state index contributed by atoms with van der Waals surface area (Å²) in [4.78, 5) is 13.2. The van der Waals surface area contributed by atoms with Gasteiger partial charge in [0.1, 0.15) is 11.6 Å². The van der Waals surface area contributed by atoms with Crippen molar-refractivity contribution in [2.24, 2.45) is 5.14 Å². The second-order valence-corrected chi connectivity index (χ2v) is 10.4. The number of pyridine rings is 1. The molecule has 4 rings (SSSR count). The van der Waals surface area contributed by atoms with Gasteiger partial charge >= 0.3 is 6.36 Å². The van der Waals surface area contributed by atoms with Gasteiger partial charge in [0.25, 0.3) is 0 Å². The molecule has 1 aromatic carbocycles. The Morgan fingerprint density at radius 2 is 1.88 bits per heavy atom. The summed E-state index contributed by atoms with van der Waals surface area (Å²) >= 11 is 1.24. The number of hydrogen-bond acceptors (Lipinski definition) is 8. The fourth-order valence-corrected chi connectivity index (χ4v) is 4.93. The van der Waals surface area contributed by atoms with Crippen LogP contribution in [0.5, 0.6) is 5.75 Å².